The van der Waals surface area contributed by atoms with E-state index in [0.717, 1.165) is 43.1 Å². The Labute approximate surface area is 164 Å². The summed E-state index contributed by atoms with van der Waals surface area (Å²) in [5.41, 5.74) is 0.986. The van der Waals surface area contributed by atoms with Crippen LogP contribution in [0.5, 0.6) is 11.5 Å². The van der Waals surface area contributed by atoms with Crippen molar-refractivity contribution >= 4 is 0 Å². The topological polar surface area (TPSA) is 44.2 Å². The van der Waals surface area contributed by atoms with Crippen LogP contribution in [-0.2, 0) is 0 Å². The molecule has 0 amide bonds. The normalized spacial score (nSPS) is 10.7. The molecule has 2 rings (SSSR count). The first-order valence-corrected chi connectivity index (χ1v) is 10.5. The van der Waals surface area contributed by atoms with Gasteiger partial charge in [-0.1, -0.05) is 58.8 Å². The van der Waals surface area contributed by atoms with Crippen LogP contribution >= 0.6 is 0 Å². The Morgan fingerprint density at radius 1 is 0.630 bits per heavy atom. The van der Waals surface area contributed by atoms with Crippen LogP contribution in [0.1, 0.15) is 71.6 Å². The molecule has 2 aromatic rings. The molecule has 0 unspecified atom stereocenters. The summed E-state index contributed by atoms with van der Waals surface area (Å²) in [6.45, 7) is 5.95. The quantitative estimate of drug-likeness (QED) is 0.358. The molecule has 0 aliphatic carbocycles. The molecule has 1 aromatic carbocycles. The summed E-state index contributed by atoms with van der Waals surface area (Å²) >= 11 is 0. The number of unbranched alkanes of at least 4 members (excludes halogenated alkanes) is 7. The van der Waals surface area contributed by atoms with Gasteiger partial charge in [-0.3, -0.25) is 0 Å². The lowest BCUT2D eigenvalue weighted by Gasteiger charge is -2.08. The molecule has 0 atom stereocenters. The fourth-order valence-corrected chi connectivity index (χ4v) is 2.85. The minimum atomic E-state index is 0.708. The zero-order chi connectivity index (χ0) is 19.2. The molecule has 4 heteroatoms. The summed E-state index contributed by atoms with van der Waals surface area (Å²) in [5, 5.41) is 0. The highest BCUT2D eigenvalue weighted by molar-refractivity contribution is 5.56. The molecule has 0 saturated heterocycles. The van der Waals surface area contributed by atoms with Crippen molar-refractivity contribution in [1.82, 2.24) is 9.97 Å². The Bertz CT molecular complexity index is 611. The molecule has 1 heterocycles. The van der Waals surface area contributed by atoms with Gasteiger partial charge in [-0.05, 0) is 37.1 Å². The van der Waals surface area contributed by atoms with Gasteiger partial charge in [0, 0.05) is 5.56 Å². The number of aromatic nitrogens is 2. The van der Waals surface area contributed by atoms with Gasteiger partial charge in [0.05, 0.1) is 25.6 Å². The van der Waals surface area contributed by atoms with Gasteiger partial charge in [0.2, 0.25) is 0 Å². The Morgan fingerprint density at radius 3 is 1.74 bits per heavy atom. The zero-order valence-electron chi connectivity index (χ0n) is 17.0. The van der Waals surface area contributed by atoms with Crippen LogP contribution in [0.3, 0.4) is 0 Å². The molecule has 4 nitrogen and oxygen atoms in total. The first-order chi connectivity index (χ1) is 13.3. The third kappa shape index (κ3) is 8.42. The Morgan fingerprint density at radius 2 is 1.15 bits per heavy atom. The van der Waals surface area contributed by atoms with Crippen molar-refractivity contribution in [1.29, 1.82) is 0 Å². The van der Waals surface area contributed by atoms with Gasteiger partial charge in [0.25, 0.3) is 0 Å². The van der Waals surface area contributed by atoms with Gasteiger partial charge < -0.3 is 9.47 Å². The van der Waals surface area contributed by atoms with E-state index >= 15 is 0 Å². The number of benzene rings is 1. The van der Waals surface area contributed by atoms with Crippen LogP contribution in [-0.4, -0.2) is 23.2 Å². The van der Waals surface area contributed by atoms with Crippen LogP contribution in [0.15, 0.2) is 36.7 Å². The number of hydrogen-bond acceptors (Lipinski definition) is 4. The van der Waals surface area contributed by atoms with Crippen LogP contribution in [0.2, 0.25) is 0 Å². The summed E-state index contributed by atoms with van der Waals surface area (Å²) in [6.07, 6.45) is 14.5. The molecule has 0 radical (unpaired) electrons. The zero-order valence-corrected chi connectivity index (χ0v) is 17.0. The number of nitrogens with zero attached hydrogens (tertiary/aromatic N) is 2. The second-order valence-corrected chi connectivity index (χ2v) is 6.94. The Balaban J connectivity index is 1.74. The second kappa shape index (κ2) is 13.1. The molecule has 148 valence electrons. The van der Waals surface area contributed by atoms with Gasteiger partial charge >= 0.3 is 0 Å². The van der Waals surface area contributed by atoms with E-state index in [9.17, 15) is 0 Å². The fourth-order valence-electron chi connectivity index (χ4n) is 2.85. The molecular formula is C23H34N2O2. The summed E-state index contributed by atoms with van der Waals surface area (Å²) in [4.78, 5) is 8.85. The van der Waals surface area contributed by atoms with E-state index in [1.165, 1.54) is 44.9 Å². The van der Waals surface area contributed by atoms with Gasteiger partial charge in [-0.15, -0.1) is 0 Å². The van der Waals surface area contributed by atoms with Crippen molar-refractivity contribution in [2.75, 3.05) is 13.2 Å². The van der Waals surface area contributed by atoms with Crippen molar-refractivity contribution < 1.29 is 9.47 Å². The van der Waals surface area contributed by atoms with E-state index in [-0.39, 0.29) is 0 Å². The highest BCUT2D eigenvalue weighted by atomic mass is 16.5. The molecule has 0 bridgehead atoms. The Hall–Kier alpha value is -2.10. The first kappa shape index (κ1) is 21.2. The second-order valence-electron chi connectivity index (χ2n) is 6.94. The third-order valence-corrected chi connectivity index (χ3v) is 4.52. The van der Waals surface area contributed by atoms with E-state index in [0.29, 0.717) is 5.82 Å². The minimum absolute atomic E-state index is 0.708. The van der Waals surface area contributed by atoms with E-state index in [4.69, 9.17) is 9.47 Å². The lowest BCUT2D eigenvalue weighted by atomic mass is 10.2. The van der Waals surface area contributed by atoms with Gasteiger partial charge in [-0.2, -0.15) is 0 Å². The maximum Gasteiger partial charge on any atom is 0.159 e. The minimum Gasteiger partial charge on any atom is -0.494 e. The highest BCUT2D eigenvalue weighted by Gasteiger charge is 2.03. The number of hydrogen-bond donors (Lipinski definition) is 0. The van der Waals surface area contributed by atoms with Crippen molar-refractivity contribution in [3.63, 3.8) is 0 Å². The third-order valence-electron chi connectivity index (χ3n) is 4.52. The highest BCUT2D eigenvalue weighted by Crippen LogP contribution is 2.20. The van der Waals surface area contributed by atoms with Crippen LogP contribution in [0.25, 0.3) is 11.4 Å². The molecule has 0 aliphatic heterocycles. The lowest BCUT2D eigenvalue weighted by molar-refractivity contribution is 0.302. The standard InChI is InChI=1S/C23H34N2O2/c1-3-5-7-9-11-17-27-22-18-24-23(25-19-22)20-12-14-21(15-13-20)26-16-10-8-6-4-2/h12-15,18-19H,3-11,16-17H2,1-2H3. The van der Waals surface area contributed by atoms with E-state index < -0.39 is 0 Å². The number of rotatable bonds is 14. The van der Waals surface area contributed by atoms with Crippen molar-refractivity contribution in [3.05, 3.63) is 36.7 Å². The van der Waals surface area contributed by atoms with Gasteiger partial charge in [-0.25, -0.2) is 9.97 Å². The van der Waals surface area contributed by atoms with Gasteiger partial charge in [0.1, 0.15) is 5.75 Å². The first-order valence-electron chi connectivity index (χ1n) is 10.5. The predicted molar refractivity (Wildman–Crippen MR) is 111 cm³/mol. The van der Waals surface area contributed by atoms with E-state index in [1.807, 2.05) is 24.3 Å². The van der Waals surface area contributed by atoms with Crippen LogP contribution in [0.4, 0.5) is 0 Å². The maximum atomic E-state index is 5.78. The molecular weight excluding hydrogens is 336 g/mol. The fraction of sp³-hybridized carbons (Fsp3) is 0.565. The van der Waals surface area contributed by atoms with E-state index in [2.05, 4.69) is 23.8 Å². The summed E-state index contributed by atoms with van der Waals surface area (Å²) in [5.74, 6) is 2.35. The maximum absolute atomic E-state index is 5.78. The molecule has 0 aliphatic rings. The van der Waals surface area contributed by atoms with Crippen LogP contribution in [0, 0.1) is 0 Å². The molecule has 0 saturated carbocycles. The predicted octanol–water partition coefficient (Wildman–Crippen LogP) is 6.45. The molecule has 0 fully saturated rings. The molecule has 1 aromatic heterocycles. The number of ether oxygens (including phenoxy) is 2. The average molecular weight is 371 g/mol. The SMILES string of the molecule is CCCCCCCOc1cnc(-c2ccc(OCCCCCC)cc2)nc1. The smallest absolute Gasteiger partial charge is 0.159 e. The molecule has 0 N–H and O–H groups in total. The largest absolute Gasteiger partial charge is 0.494 e. The molecule has 27 heavy (non-hydrogen) atoms. The summed E-state index contributed by atoms with van der Waals surface area (Å²) in [6, 6.07) is 7.98. The van der Waals surface area contributed by atoms with Gasteiger partial charge in [0.15, 0.2) is 11.6 Å². The van der Waals surface area contributed by atoms with Crippen molar-refractivity contribution in [3.8, 4) is 22.9 Å². The lowest BCUT2D eigenvalue weighted by Crippen LogP contribution is -1.99. The Kier molecular flexibility index (Phi) is 10.3. The summed E-state index contributed by atoms with van der Waals surface area (Å²) < 4.78 is 11.5. The van der Waals surface area contributed by atoms with Crippen molar-refractivity contribution in [2.45, 2.75) is 71.6 Å². The van der Waals surface area contributed by atoms with E-state index in [1.54, 1.807) is 12.4 Å². The van der Waals surface area contributed by atoms with Crippen LogP contribution < -0.4 is 9.47 Å². The molecule has 0 spiro atoms. The monoisotopic (exact) mass is 370 g/mol. The average Bonchev–Trinajstić information content (AvgIpc) is 2.71. The van der Waals surface area contributed by atoms with Crippen molar-refractivity contribution in [2.24, 2.45) is 0 Å². The summed E-state index contributed by atoms with van der Waals surface area (Å²) in [7, 11) is 0.